The van der Waals surface area contributed by atoms with E-state index in [-0.39, 0.29) is 11.8 Å². The first-order valence-electron chi connectivity index (χ1n) is 8.57. The fraction of sp³-hybridized carbons (Fsp3) is 0.500. The lowest BCUT2D eigenvalue weighted by Crippen LogP contribution is -2.47. The van der Waals surface area contributed by atoms with Crippen LogP contribution in [0.2, 0.25) is 0 Å². The second kappa shape index (κ2) is 9.78. The molecule has 1 saturated heterocycles. The van der Waals surface area contributed by atoms with Gasteiger partial charge in [-0.15, -0.1) is 0 Å². The van der Waals surface area contributed by atoms with Crippen LogP contribution in [0.15, 0.2) is 18.2 Å². The number of aryl methyl sites for hydroxylation is 1. The summed E-state index contributed by atoms with van der Waals surface area (Å²) in [5.41, 5.74) is 2.91. The van der Waals surface area contributed by atoms with Gasteiger partial charge >= 0.3 is 0 Å². The maximum absolute atomic E-state index is 11.9. The fourth-order valence-electron chi connectivity index (χ4n) is 2.84. The predicted molar refractivity (Wildman–Crippen MR) is 95.6 cm³/mol. The molecular formula is C18H25N3O4. The molecule has 0 saturated carbocycles. The van der Waals surface area contributed by atoms with Crippen molar-refractivity contribution in [3.8, 4) is 0 Å². The Balaban J connectivity index is 1.96. The Morgan fingerprint density at radius 3 is 2.88 bits per heavy atom. The zero-order chi connectivity index (χ0) is 18.1. The third-order valence-electron chi connectivity index (χ3n) is 4.08. The molecule has 1 fully saturated rings. The van der Waals surface area contributed by atoms with E-state index in [9.17, 15) is 14.4 Å². The molecule has 2 rings (SSSR count). The van der Waals surface area contributed by atoms with Gasteiger partial charge in [-0.1, -0.05) is 12.1 Å². The van der Waals surface area contributed by atoms with Crippen molar-refractivity contribution in [1.82, 2.24) is 5.32 Å². The smallest absolute Gasteiger partial charge is 0.249 e. The van der Waals surface area contributed by atoms with Gasteiger partial charge in [0, 0.05) is 26.5 Å². The Morgan fingerprint density at radius 1 is 1.32 bits per heavy atom. The summed E-state index contributed by atoms with van der Waals surface area (Å²) in [4.78, 5) is 33.4. The van der Waals surface area contributed by atoms with Gasteiger partial charge in [0.1, 0.15) is 12.3 Å². The predicted octanol–water partition coefficient (Wildman–Crippen LogP) is 1.48. The van der Waals surface area contributed by atoms with E-state index in [1.165, 1.54) is 0 Å². The molecule has 1 atom stereocenters. The highest BCUT2D eigenvalue weighted by Gasteiger charge is 2.27. The molecule has 0 aliphatic carbocycles. The van der Waals surface area contributed by atoms with Crippen molar-refractivity contribution in [1.29, 1.82) is 0 Å². The third-order valence-corrected chi connectivity index (χ3v) is 4.08. The lowest BCUT2D eigenvalue weighted by molar-refractivity contribution is -0.133. The van der Waals surface area contributed by atoms with Crippen LogP contribution < -0.4 is 16.0 Å². The molecule has 25 heavy (non-hydrogen) atoms. The molecule has 7 heteroatoms. The summed E-state index contributed by atoms with van der Waals surface area (Å²) in [5, 5.41) is 8.78. The number of amides is 2. The van der Waals surface area contributed by atoms with Crippen LogP contribution in [-0.2, 0) is 25.5 Å². The van der Waals surface area contributed by atoms with E-state index in [0.29, 0.717) is 32.5 Å². The zero-order valence-corrected chi connectivity index (χ0v) is 14.5. The van der Waals surface area contributed by atoms with E-state index in [1.54, 1.807) is 0 Å². The van der Waals surface area contributed by atoms with E-state index in [2.05, 4.69) is 16.0 Å². The molecule has 1 aromatic carbocycles. The molecule has 0 bridgehead atoms. The minimum Gasteiger partial charge on any atom is -0.386 e. The third kappa shape index (κ3) is 5.56. The number of piperidine rings is 1. The number of anilines is 2. The number of nitrogens with one attached hydrogen (secondary N) is 3. The van der Waals surface area contributed by atoms with Crippen LogP contribution in [-0.4, -0.2) is 44.4 Å². The van der Waals surface area contributed by atoms with Crippen molar-refractivity contribution < 1.29 is 19.1 Å². The maximum Gasteiger partial charge on any atom is 0.249 e. The first kappa shape index (κ1) is 18.9. The summed E-state index contributed by atoms with van der Waals surface area (Å²) in [6.07, 6.45) is 3.77. The Kier molecular flexibility index (Phi) is 7.40. The molecule has 7 nitrogen and oxygen atoms in total. The van der Waals surface area contributed by atoms with E-state index in [0.717, 1.165) is 36.1 Å². The molecule has 0 spiro atoms. The van der Waals surface area contributed by atoms with Crippen LogP contribution >= 0.6 is 0 Å². The fourth-order valence-corrected chi connectivity index (χ4v) is 2.84. The number of ether oxygens (including phenoxy) is 1. The highest BCUT2D eigenvalue weighted by molar-refractivity contribution is 6.01. The highest BCUT2D eigenvalue weighted by atomic mass is 16.5. The van der Waals surface area contributed by atoms with Gasteiger partial charge in [0.15, 0.2) is 0 Å². The molecule has 1 heterocycles. The van der Waals surface area contributed by atoms with Gasteiger partial charge < -0.3 is 20.2 Å². The van der Waals surface area contributed by atoms with Crippen LogP contribution in [0.1, 0.15) is 31.2 Å². The van der Waals surface area contributed by atoms with Gasteiger partial charge in [-0.25, -0.2) is 0 Å². The normalized spacial score (nSPS) is 17.1. The maximum atomic E-state index is 11.9. The largest absolute Gasteiger partial charge is 0.386 e. The Morgan fingerprint density at radius 2 is 2.16 bits per heavy atom. The van der Waals surface area contributed by atoms with Crippen LogP contribution in [0.5, 0.6) is 0 Å². The minimum atomic E-state index is -0.410. The average Bonchev–Trinajstić information content (AvgIpc) is 2.60. The summed E-state index contributed by atoms with van der Waals surface area (Å²) in [5.74, 6) is -0.507. The monoisotopic (exact) mass is 347 g/mol. The average molecular weight is 347 g/mol. The van der Waals surface area contributed by atoms with Crippen molar-refractivity contribution in [3.63, 3.8) is 0 Å². The van der Waals surface area contributed by atoms with Gasteiger partial charge in [-0.05, 0) is 30.9 Å². The number of imide groups is 1. The molecule has 0 aromatic heterocycles. The van der Waals surface area contributed by atoms with Crippen molar-refractivity contribution in [2.24, 2.45) is 0 Å². The van der Waals surface area contributed by atoms with Crippen molar-refractivity contribution >= 4 is 29.5 Å². The molecule has 3 N–H and O–H groups in total. The van der Waals surface area contributed by atoms with E-state index in [1.807, 2.05) is 25.2 Å². The Bertz CT molecular complexity index is 618. The van der Waals surface area contributed by atoms with E-state index >= 15 is 0 Å². The number of para-hydroxylation sites is 1. The van der Waals surface area contributed by atoms with Gasteiger partial charge in [-0.2, -0.15) is 0 Å². The number of aldehydes is 1. The van der Waals surface area contributed by atoms with E-state index in [4.69, 9.17) is 4.74 Å². The Hall–Kier alpha value is -2.41. The second-order valence-corrected chi connectivity index (χ2v) is 5.91. The quantitative estimate of drug-likeness (QED) is 0.337. The number of hydrogen-bond acceptors (Lipinski definition) is 6. The highest BCUT2D eigenvalue weighted by Crippen LogP contribution is 2.28. The Labute approximate surface area is 147 Å². The van der Waals surface area contributed by atoms with Crippen molar-refractivity contribution in [2.75, 3.05) is 30.9 Å². The number of hydrogen-bond donors (Lipinski definition) is 3. The van der Waals surface area contributed by atoms with Gasteiger partial charge in [-0.3, -0.25) is 14.9 Å². The second-order valence-electron chi connectivity index (χ2n) is 5.91. The van der Waals surface area contributed by atoms with Crippen LogP contribution in [0, 0.1) is 0 Å². The van der Waals surface area contributed by atoms with Crippen molar-refractivity contribution in [3.05, 3.63) is 23.8 Å². The molecule has 1 aromatic rings. The SMILES string of the molecule is CNc1c(CCCOCCC=O)cccc1NC1CCC(=O)NC1=O. The molecule has 2 amide bonds. The number of rotatable bonds is 10. The number of carbonyl (C=O) groups excluding carboxylic acids is 3. The lowest BCUT2D eigenvalue weighted by Gasteiger charge is -2.25. The number of carbonyl (C=O) groups is 3. The summed E-state index contributed by atoms with van der Waals surface area (Å²) >= 11 is 0. The molecular weight excluding hydrogens is 322 g/mol. The summed E-state index contributed by atoms with van der Waals surface area (Å²) in [6, 6.07) is 5.48. The summed E-state index contributed by atoms with van der Waals surface area (Å²) in [7, 11) is 1.84. The van der Waals surface area contributed by atoms with Crippen LogP contribution in [0.4, 0.5) is 11.4 Å². The minimum absolute atomic E-state index is 0.222. The summed E-state index contributed by atoms with van der Waals surface area (Å²) in [6.45, 7) is 1.06. The van der Waals surface area contributed by atoms with Gasteiger partial charge in [0.25, 0.3) is 0 Å². The molecule has 1 aliphatic rings. The van der Waals surface area contributed by atoms with Gasteiger partial charge in [0.2, 0.25) is 11.8 Å². The molecule has 1 unspecified atom stereocenters. The first-order chi connectivity index (χ1) is 12.2. The van der Waals surface area contributed by atoms with Gasteiger partial charge in [0.05, 0.1) is 18.0 Å². The standard InChI is InChI=1S/C18H25N3O4/c1-19-17-13(6-3-11-25-12-4-10-22)5-2-7-14(17)20-15-8-9-16(23)21-18(15)24/h2,5,7,10,15,19-20H,3-4,6,8-9,11-12H2,1H3,(H,21,23,24). The number of benzene rings is 1. The first-order valence-corrected chi connectivity index (χ1v) is 8.57. The van der Waals surface area contributed by atoms with Crippen LogP contribution in [0.3, 0.4) is 0 Å². The lowest BCUT2D eigenvalue weighted by atomic mass is 10.0. The molecule has 0 radical (unpaired) electrons. The summed E-state index contributed by atoms with van der Waals surface area (Å²) < 4.78 is 5.39. The molecule has 136 valence electrons. The van der Waals surface area contributed by atoms with E-state index < -0.39 is 6.04 Å². The topological polar surface area (TPSA) is 96.5 Å². The van der Waals surface area contributed by atoms with Crippen molar-refractivity contribution in [2.45, 2.75) is 38.1 Å². The van der Waals surface area contributed by atoms with Crippen LogP contribution in [0.25, 0.3) is 0 Å². The zero-order valence-electron chi connectivity index (χ0n) is 14.5. The molecule has 1 aliphatic heterocycles.